The SMILES string of the molecule is O=C(O)CCC1CCN(C(=O)CCc2ccco2)C1. The highest BCUT2D eigenvalue weighted by Crippen LogP contribution is 2.22. The maximum Gasteiger partial charge on any atom is 0.303 e. The number of likely N-dealkylation sites (tertiary alicyclic amines) is 1. The van der Waals surface area contributed by atoms with Gasteiger partial charge in [-0.1, -0.05) is 0 Å². The van der Waals surface area contributed by atoms with Gasteiger partial charge in [0.1, 0.15) is 5.76 Å². The van der Waals surface area contributed by atoms with Gasteiger partial charge in [0.15, 0.2) is 0 Å². The Morgan fingerprint density at radius 2 is 2.26 bits per heavy atom. The number of hydrogen-bond donors (Lipinski definition) is 1. The van der Waals surface area contributed by atoms with Crippen LogP contribution in [-0.2, 0) is 16.0 Å². The predicted molar refractivity (Wildman–Crippen MR) is 68.6 cm³/mol. The highest BCUT2D eigenvalue weighted by Gasteiger charge is 2.26. The molecule has 0 bridgehead atoms. The molecule has 0 saturated carbocycles. The van der Waals surface area contributed by atoms with Crippen molar-refractivity contribution in [2.24, 2.45) is 5.92 Å². The quantitative estimate of drug-likeness (QED) is 0.853. The van der Waals surface area contributed by atoms with E-state index in [1.54, 1.807) is 6.26 Å². The van der Waals surface area contributed by atoms with Crippen LogP contribution in [0.5, 0.6) is 0 Å². The molecular weight excluding hydrogens is 246 g/mol. The number of carbonyl (C=O) groups is 2. The molecule has 0 spiro atoms. The summed E-state index contributed by atoms with van der Waals surface area (Å²) in [5.41, 5.74) is 0. The van der Waals surface area contributed by atoms with Gasteiger partial charge in [-0.15, -0.1) is 0 Å². The number of aryl methyl sites for hydroxylation is 1. The molecule has 1 unspecified atom stereocenters. The molecule has 1 aromatic rings. The van der Waals surface area contributed by atoms with Gasteiger partial charge in [-0.2, -0.15) is 0 Å². The van der Waals surface area contributed by atoms with Crippen molar-refractivity contribution in [2.75, 3.05) is 13.1 Å². The van der Waals surface area contributed by atoms with Crippen LogP contribution in [0.2, 0.25) is 0 Å². The molecule has 0 aliphatic carbocycles. The van der Waals surface area contributed by atoms with Gasteiger partial charge in [-0.05, 0) is 30.9 Å². The van der Waals surface area contributed by atoms with E-state index in [0.29, 0.717) is 31.7 Å². The summed E-state index contributed by atoms with van der Waals surface area (Å²) in [6.45, 7) is 1.45. The zero-order chi connectivity index (χ0) is 13.7. The zero-order valence-electron chi connectivity index (χ0n) is 10.9. The standard InChI is InChI=1S/C14H19NO4/c16-13(5-4-12-2-1-9-19-12)15-8-7-11(10-15)3-6-14(17)18/h1-2,9,11H,3-8,10H2,(H,17,18). The van der Waals surface area contributed by atoms with Gasteiger partial charge in [-0.25, -0.2) is 0 Å². The van der Waals surface area contributed by atoms with Crippen molar-refractivity contribution in [3.63, 3.8) is 0 Å². The number of nitrogens with zero attached hydrogens (tertiary/aromatic N) is 1. The number of carbonyl (C=O) groups excluding carboxylic acids is 1. The van der Waals surface area contributed by atoms with Crippen molar-refractivity contribution in [3.05, 3.63) is 24.2 Å². The third kappa shape index (κ3) is 4.12. The lowest BCUT2D eigenvalue weighted by molar-refractivity contribution is -0.137. The molecule has 5 heteroatoms. The van der Waals surface area contributed by atoms with Crippen LogP contribution in [0.3, 0.4) is 0 Å². The third-order valence-corrected chi connectivity index (χ3v) is 3.57. The Kier molecular flexibility index (Phi) is 4.60. The molecule has 1 aliphatic rings. The van der Waals surface area contributed by atoms with E-state index in [2.05, 4.69) is 0 Å². The first-order valence-electron chi connectivity index (χ1n) is 6.67. The van der Waals surface area contributed by atoms with Gasteiger partial charge in [-0.3, -0.25) is 9.59 Å². The van der Waals surface area contributed by atoms with E-state index in [1.807, 2.05) is 17.0 Å². The fourth-order valence-electron chi connectivity index (χ4n) is 2.47. The lowest BCUT2D eigenvalue weighted by atomic mass is 10.0. The molecule has 2 heterocycles. The summed E-state index contributed by atoms with van der Waals surface area (Å²) in [6.07, 6.45) is 4.47. The van der Waals surface area contributed by atoms with Crippen LogP contribution in [0.25, 0.3) is 0 Å². The van der Waals surface area contributed by atoms with Crippen molar-refractivity contribution < 1.29 is 19.1 Å². The Labute approximate surface area is 112 Å². The number of hydrogen-bond acceptors (Lipinski definition) is 3. The Hall–Kier alpha value is -1.78. The molecular formula is C14H19NO4. The molecule has 0 aromatic carbocycles. The number of amides is 1. The second-order valence-electron chi connectivity index (χ2n) is 5.01. The molecule has 0 radical (unpaired) electrons. The van der Waals surface area contributed by atoms with Gasteiger partial charge in [0.2, 0.25) is 5.91 Å². The number of carboxylic acid groups (broad SMARTS) is 1. The summed E-state index contributed by atoms with van der Waals surface area (Å²) in [6, 6.07) is 3.69. The van der Waals surface area contributed by atoms with Crippen molar-refractivity contribution in [1.82, 2.24) is 4.90 Å². The summed E-state index contributed by atoms with van der Waals surface area (Å²) < 4.78 is 5.20. The summed E-state index contributed by atoms with van der Waals surface area (Å²) in [5.74, 6) is 0.537. The van der Waals surface area contributed by atoms with E-state index in [9.17, 15) is 9.59 Å². The molecule has 1 atom stereocenters. The maximum atomic E-state index is 12.0. The first kappa shape index (κ1) is 13.6. The van der Waals surface area contributed by atoms with Crippen molar-refractivity contribution >= 4 is 11.9 Å². The molecule has 2 rings (SSSR count). The zero-order valence-corrected chi connectivity index (χ0v) is 10.9. The molecule has 5 nitrogen and oxygen atoms in total. The van der Waals surface area contributed by atoms with E-state index in [0.717, 1.165) is 18.7 Å². The number of rotatable bonds is 6. The average Bonchev–Trinajstić information content (AvgIpc) is 3.04. The van der Waals surface area contributed by atoms with Crippen molar-refractivity contribution in [2.45, 2.75) is 32.1 Å². The van der Waals surface area contributed by atoms with Gasteiger partial charge in [0, 0.05) is 32.4 Å². The van der Waals surface area contributed by atoms with Gasteiger partial charge in [0.25, 0.3) is 0 Å². The van der Waals surface area contributed by atoms with E-state index in [4.69, 9.17) is 9.52 Å². The summed E-state index contributed by atoms with van der Waals surface area (Å²) in [7, 11) is 0. The van der Waals surface area contributed by atoms with E-state index in [1.165, 1.54) is 0 Å². The predicted octanol–water partition coefficient (Wildman–Crippen LogP) is 1.93. The Bertz CT molecular complexity index is 427. The smallest absolute Gasteiger partial charge is 0.303 e. The fraction of sp³-hybridized carbons (Fsp3) is 0.571. The van der Waals surface area contributed by atoms with Crippen LogP contribution in [0.4, 0.5) is 0 Å². The first-order chi connectivity index (χ1) is 9.15. The van der Waals surface area contributed by atoms with E-state index >= 15 is 0 Å². The summed E-state index contributed by atoms with van der Waals surface area (Å²) in [5, 5.41) is 8.65. The number of aliphatic carboxylic acids is 1. The topological polar surface area (TPSA) is 70.8 Å². The van der Waals surface area contributed by atoms with E-state index in [-0.39, 0.29) is 12.3 Å². The maximum absolute atomic E-state index is 12.0. The summed E-state index contributed by atoms with van der Waals surface area (Å²) >= 11 is 0. The second kappa shape index (κ2) is 6.41. The van der Waals surface area contributed by atoms with Crippen LogP contribution < -0.4 is 0 Å². The largest absolute Gasteiger partial charge is 0.481 e. The van der Waals surface area contributed by atoms with Crippen LogP contribution in [0.1, 0.15) is 31.4 Å². The molecule has 104 valence electrons. The lowest BCUT2D eigenvalue weighted by Gasteiger charge is -2.16. The highest BCUT2D eigenvalue weighted by molar-refractivity contribution is 5.76. The number of carboxylic acids is 1. The van der Waals surface area contributed by atoms with Crippen LogP contribution in [-0.4, -0.2) is 35.0 Å². The average molecular weight is 265 g/mol. The van der Waals surface area contributed by atoms with Crippen LogP contribution in [0, 0.1) is 5.92 Å². The minimum Gasteiger partial charge on any atom is -0.481 e. The lowest BCUT2D eigenvalue weighted by Crippen LogP contribution is -2.28. The Balaban J connectivity index is 1.71. The number of furan rings is 1. The highest BCUT2D eigenvalue weighted by atomic mass is 16.4. The molecule has 1 N–H and O–H groups in total. The third-order valence-electron chi connectivity index (χ3n) is 3.57. The first-order valence-corrected chi connectivity index (χ1v) is 6.67. The molecule has 19 heavy (non-hydrogen) atoms. The van der Waals surface area contributed by atoms with Crippen molar-refractivity contribution in [1.29, 1.82) is 0 Å². The Morgan fingerprint density at radius 1 is 1.42 bits per heavy atom. The second-order valence-corrected chi connectivity index (χ2v) is 5.01. The molecule has 1 aliphatic heterocycles. The molecule has 1 aromatic heterocycles. The minimum absolute atomic E-state index is 0.134. The van der Waals surface area contributed by atoms with Gasteiger partial charge < -0.3 is 14.4 Å². The fourth-order valence-corrected chi connectivity index (χ4v) is 2.47. The van der Waals surface area contributed by atoms with Gasteiger partial charge in [0.05, 0.1) is 6.26 Å². The normalized spacial score (nSPS) is 18.7. The Morgan fingerprint density at radius 3 is 2.95 bits per heavy atom. The monoisotopic (exact) mass is 265 g/mol. The summed E-state index contributed by atoms with van der Waals surface area (Å²) in [4.78, 5) is 24.3. The van der Waals surface area contributed by atoms with Crippen LogP contribution >= 0.6 is 0 Å². The van der Waals surface area contributed by atoms with Crippen molar-refractivity contribution in [3.8, 4) is 0 Å². The van der Waals surface area contributed by atoms with E-state index < -0.39 is 5.97 Å². The molecule has 1 saturated heterocycles. The molecule has 1 amide bonds. The molecule has 1 fully saturated rings. The van der Waals surface area contributed by atoms with Crippen LogP contribution in [0.15, 0.2) is 22.8 Å². The van der Waals surface area contributed by atoms with Gasteiger partial charge >= 0.3 is 5.97 Å². The minimum atomic E-state index is -0.761.